The quantitative estimate of drug-likeness (QED) is 0.735. The molecule has 0 aliphatic heterocycles. The molecule has 122 valence electrons. The predicted octanol–water partition coefficient (Wildman–Crippen LogP) is 2.33. The number of hydrogen-bond acceptors (Lipinski definition) is 3. The van der Waals surface area contributed by atoms with Crippen molar-refractivity contribution in [2.75, 3.05) is 7.05 Å². The van der Waals surface area contributed by atoms with Crippen LogP contribution in [-0.2, 0) is 23.1 Å². The molecule has 1 heterocycles. The van der Waals surface area contributed by atoms with Crippen molar-refractivity contribution in [2.24, 2.45) is 5.92 Å². The summed E-state index contributed by atoms with van der Waals surface area (Å²) < 4.78 is 29.7. The Morgan fingerprint density at radius 3 is 2.48 bits per heavy atom. The number of aromatic nitrogens is 1. The van der Waals surface area contributed by atoms with E-state index in [-0.39, 0.29) is 6.04 Å². The molecule has 0 aliphatic carbocycles. The van der Waals surface area contributed by atoms with Crippen molar-refractivity contribution in [3.63, 3.8) is 0 Å². The summed E-state index contributed by atoms with van der Waals surface area (Å²) in [4.78, 5) is 0.358. The van der Waals surface area contributed by atoms with E-state index in [0.29, 0.717) is 17.4 Å². The highest BCUT2D eigenvalue weighted by atomic mass is 32.2. The fourth-order valence-corrected chi connectivity index (χ4v) is 3.86. The maximum atomic E-state index is 12.5. The summed E-state index contributed by atoms with van der Waals surface area (Å²) in [6.07, 6.45) is 3.54. The Balaban J connectivity index is 2.94. The minimum Gasteiger partial charge on any atom is -0.349 e. The van der Waals surface area contributed by atoms with Crippen LogP contribution in [0.2, 0.25) is 0 Å². The van der Waals surface area contributed by atoms with Crippen LogP contribution < -0.4 is 10.0 Å². The molecule has 0 aromatic carbocycles. The summed E-state index contributed by atoms with van der Waals surface area (Å²) in [7, 11) is -1.58. The second kappa shape index (κ2) is 7.96. The van der Waals surface area contributed by atoms with Gasteiger partial charge in [-0.2, -0.15) is 0 Å². The van der Waals surface area contributed by atoms with E-state index in [4.69, 9.17) is 0 Å². The maximum Gasteiger partial charge on any atom is 0.242 e. The van der Waals surface area contributed by atoms with Gasteiger partial charge >= 0.3 is 0 Å². The second-order valence-corrected chi connectivity index (χ2v) is 7.76. The Kier molecular flexibility index (Phi) is 6.90. The molecule has 2 N–H and O–H groups in total. The van der Waals surface area contributed by atoms with Gasteiger partial charge in [0.15, 0.2) is 0 Å². The molecule has 0 saturated heterocycles. The largest absolute Gasteiger partial charge is 0.349 e. The van der Waals surface area contributed by atoms with Crippen molar-refractivity contribution in [1.82, 2.24) is 14.6 Å². The van der Waals surface area contributed by atoms with Crippen molar-refractivity contribution in [3.8, 4) is 0 Å². The third-order valence-corrected chi connectivity index (χ3v) is 4.83. The lowest BCUT2D eigenvalue weighted by atomic mass is 10.1. The van der Waals surface area contributed by atoms with Crippen LogP contribution >= 0.6 is 0 Å². The first-order valence-corrected chi connectivity index (χ1v) is 9.14. The molecule has 1 atom stereocenters. The van der Waals surface area contributed by atoms with Crippen LogP contribution in [0.15, 0.2) is 17.2 Å². The van der Waals surface area contributed by atoms with E-state index in [0.717, 1.165) is 25.1 Å². The highest BCUT2D eigenvalue weighted by molar-refractivity contribution is 7.89. The first-order valence-electron chi connectivity index (χ1n) is 7.66. The van der Waals surface area contributed by atoms with Gasteiger partial charge in [0.1, 0.15) is 0 Å². The lowest BCUT2D eigenvalue weighted by molar-refractivity contribution is 0.482. The number of aryl methyl sites for hydroxylation is 1. The average Bonchev–Trinajstić information content (AvgIpc) is 2.72. The Bertz CT molecular complexity index is 512. The molecular formula is C15H29N3O2S. The minimum absolute atomic E-state index is 0.0581. The van der Waals surface area contributed by atoms with E-state index in [1.54, 1.807) is 12.3 Å². The minimum atomic E-state index is -3.44. The SMILES string of the molecule is CCCn1cc(S(=O)(=O)NC(C)CC(C)C)cc1CNC. The average molecular weight is 315 g/mol. The number of nitrogens with zero attached hydrogens (tertiary/aromatic N) is 1. The standard InChI is InChI=1S/C15H29N3O2S/c1-6-7-18-11-15(9-14(18)10-16-5)21(19,20)17-13(4)8-12(2)3/h9,11-13,16-17H,6-8,10H2,1-5H3. The van der Waals surface area contributed by atoms with Gasteiger partial charge in [-0.3, -0.25) is 0 Å². The van der Waals surface area contributed by atoms with Crippen molar-refractivity contribution in [2.45, 2.75) is 64.6 Å². The van der Waals surface area contributed by atoms with Crippen molar-refractivity contribution < 1.29 is 8.42 Å². The zero-order chi connectivity index (χ0) is 16.0. The van der Waals surface area contributed by atoms with Gasteiger partial charge in [0.05, 0.1) is 4.90 Å². The molecule has 1 aromatic heterocycles. The van der Waals surface area contributed by atoms with Gasteiger partial charge in [-0.15, -0.1) is 0 Å². The summed E-state index contributed by atoms with van der Waals surface area (Å²) in [6.45, 7) is 9.67. The first kappa shape index (κ1) is 18.2. The molecule has 1 rings (SSSR count). The molecule has 0 saturated carbocycles. The fraction of sp³-hybridized carbons (Fsp3) is 0.733. The van der Waals surface area contributed by atoms with Gasteiger partial charge in [-0.05, 0) is 38.8 Å². The monoisotopic (exact) mass is 315 g/mol. The number of hydrogen-bond donors (Lipinski definition) is 2. The van der Waals surface area contributed by atoms with Crippen LogP contribution in [0.5, 0.6) is 0 Å². The number of sulfonamides is 1. The van der Waals surface area contributed by atoms with E-state index in [2.05, 4.69) is 30.8 Å². The summed E-state index contributed by atoms with van der Waals surface area (Å²) in [5, 5.41) is 3.08. The molecular weight excluding hydrogens is 286 g/mol. The van der Waals surface area contributed by atoms with Crippen LogP contribution in [0.1, 0.15) is 46.2 Å². The van der Waals surface area contributed by atoms with Crippen LogP contribution in [-0.4, -0.2) is 26.1 Å². The molecule has 0 bridgehead atoms. The van der Waals surface area contributed by atoms with E-state index >= 15 is 0 Å². The molecule has 1 aromatic rings. The molecule has 5 nitrogen and oxygen atoms in total. The summed E-state index contributed by atoms with van der Waals surface area (Å²) >= 11 is 0. The maximum absolute atomic E-state index is 12.5. The van der Waals surface area contributed by atoms with Gasteiger partial charge in [-0.25, -0.2) is 13.1 Å². The summed E-state index contributed by atoms with van der Waals surface area (Å²) in [6, 6.07) is 1.70. The Morgan fingerprint density at radius 1 is 1.29 bits per heavy atom. The zero-order valence-corrected chi connectivity index (χ0v) is 14.6. The third-order valence-electron chi connectivity index (χ3n) is 3.27. The van der Waals surface area contributed by atoms with Crippen molar-refractivity contribution in [1.29, 1.82) is 0 Å². The van der Waals surface area contributed by atoms with E-state index in [9.17, 15) is 8.42 Å². The topological polar surface area (TPSA) is 63.1 Å². The molecule has 6 heteroatoms. The van der Waals surface area contributed by atoms with Gasteiger partial charge < -0.3 is 9.88 Å². The van der Waals surface area contributed by atoms with E-state index in [1.807, 2.05) is 18.5 Å². The molecule has 21 heavy (non-hydrogen) atoms. The third kappa shape index (κ3) is 5.45. The van der Waals surface area contributed by atoms with Crippen LogP contribution in [0, 0.1) is 5.92 Å². The van der Waals surface area contributed by atoms with Crippen molar-refractivity contribution >= 4 is 10.0 Å². The lowest BCUT2D eigenvalue weighted by Gasteiger charge is -2.15. The molecule has 0 radical (unpaired) electrons. The smallest absolute Gasteiger partial charge is 0.242 e. The first-order chi connectivity index (χ1) is 9.80. The van der Waals surface area contributed by atoms with Crippen LogP contribution in [0.25, 0.3) is 0 Å². The number of rotatable bonds is 9. The summed E-state index contributed by atoms with van der Waals surface area (Å²) in [5.74, 6) is 0.465. The van der Waals surface area contributed by atoms with Gasteiger partial charge in [-0.1, -0.05) is 20.8 Å². The zero-order valence-electron chi connectivity index (χ0n) is 13.8. The number of nitrogens with one attached hydrogen (secondary N) is 2. The van der Waals surface area contributed by atoms with Gasteiger partial charge in [0.25, 0.3) is 0 Å². The van der Waals surface area contributed by atoms with Gasteiger partial charge in [0.2, 0.25) is 10.0 Å². The Labute approximate surface area is 129 Å². The van der Waals surface area contributed by atoms with Crippen LogP contribution in [0.4, 0.5) is 0 Å². The lowest BCUT2D eigenvalue weighted by Crippen LogP contribution is -2.33. The molecule has 0 aliphatic rings. The highest BCUT2D eigenvalue weighted by Crippen LogP contribution is 2.16. The van der Waals surface area contributed by atoms with Crippen molar-refractivity contribution in [3.05, 3.63) is 18.0 Å². The Hall–Kier alpha value is -0.850. The molecule has 0 fully saturated rings. The molecule has 0 spiro atoms. The highest BCUT2D eigenvalue weighted by Gasteiger charge is 2.20. The molecule has 0 amide bonds. The van der Waals surface area contributed by atoms with Gasteiger partial charge in [0, 0.05) is 31.0 Å². The van der Waals surface area contributed by atoms with Crippen LogP contribution in [0.3, 0.4) is 0 Å². The Morgan fingerprint density at radius 2 is 1.95 bits per heavy atom. The second-order valence-electron chi connectivity index (χ2n) is 6.04. The van der Waals surface area contributed by atoms with E-state index < -0.39 is 10.0 Å². The predicted molar refractivity (Wildman–Crippen MR) is 86.7 cm³/mol. The normalized spacial score (nSPS) is 13.8. The fourth-order valence-electron chi connectivity index (χ4n) is 2.54. The summed E-state index contributed by atoms with van der Waals surface area (Å²) in [5.41, 5.74) is 0.997. The van der Waals surface area contributed by atoms with E-state index in [1.165, 1.54) is 0 Å². The molecule has 1 unspecified atom stereocenters.